The molecule has 0 aliphatic heterocycles. The third-order valence-electron chi connectivity index (χ3n) is 2.93. The Morgan fingerprint density at radius 1 is 1.05 bits per heavy atom. The van der Waals surface area contributed by atoms with Crippen LogP contribution in [0.15, 0.2) is 61.1 Å². The Morgan fingerprint density at radius 3 is 2.68 bits per heavy atom. The van der Waals surface area contributed by atoms with Crippen LogP contribution >= 0.6 is 0 Å². The molecule has 0 aliphatic rings. The van der Waals surface area contributed by atoms with Gasteiger partial charge in [0.2, 0.25) is 0 Å². The fraction of sp³-hybridized carbons (Fsp3) is 0.0667. The summed E-state index contributed by atoms with van der Waals surface area (Å²) in [4.78, 5) is 3.98. The molecular formula is C15H14N4. The standard InChI is InChI=1S/C15H14N4/c16-15-8-12(6-7-17-15)10-19-11-14(9-18-19)13-4-2-1-3-5-13/h1-9,11H,10H2,(H2,16,17). The van der Waals surface area contributed by atoms with Gasteiger partial charge in [0.15, 0.2) is 0 Å². The molecule has 0 aliphatic carbocycles. The molecule has 19 heavy (non-hydrogen) atoms. The highest BCUT2D eigenvalue weighted by molar-refractivity contribution is 5.61. The molecule has 1 aromatic carbocycles. The molecule has 0 bridgehead atoms. The van der Waals surface area contributed by atoms with E-state index < -0.39 is 0 Å². The van der Waals surface area contributed by atoms with Crippen LogP contribution in [0, 0.1) is 0 Å². The second-order valence-electron chi connectivity index (χ2n) is 4.38. The molecule has 0 spiro atoms. The van der Waals surface area contributed by atoms with Crippen molar-refractivity contribution in [3.63, 3.8) is 0 Å². The van der Waals surface area contributed by atoms with E-state index in [1.807, 2.05) is 47.4 Å². The minimum atomic E-state index is 0.535. The minimum Gasteiger partial charge on any atom is -0.384 e. The van der Waals surface area contributed by atoms with Gasteiger partial charge in [0.1, 0.15) is 5.82 Å². The number of aromatic nitrogens is 3. The normalized spacial score (nSPS) is 10.5. The summed E-state index contributed by atoms with van der Waals surface area (Å²) in [5.41, 5.74) is 9.04. The van der Waals surface area contributed by atoms with Gasteiger partial charge in [0.25, 0.3) is 0 Å². The van der Waals surface area contributed by atoms with Crippen molar-refractivity contribution in [3.8, 4) is 11.1 Å². The maximum atomic E-state index is 5.67. The average Bonchev–Trinajstić information content (AvgIpc) is 2.88. The molecule has 0 radical (unpaired) electrons. The molecule has 3 rings (SSSR count). The summed E-state index contributed by atoms with van der Waals surface area (Å²) < 4.78 is 1.90. The molecule has 2 aromatic heterocycles. The van der Waals surface area contributed by atoms with Crippen LogP contribution in [0.5, 0.6) is 0 Å². The lowest BCUT2D eigenvalue weighted by Gasteiger charge is -2.02. The van der Waals surface area contributed by atoms with Gasteiger partial charge in [-0.2, -0.15) is 5.10 Å². The number of hydrogen-bond donors (Lipinski definition) is 1. The molecule has 0 fully saturated rings. The molecule has 2 N–H and O–H groups in total. The number of rotatable bonds is 3. The first-order valence-electron chi connectivity index (χ1n) is 6.09. The third kappa shape index (κ3) is 2.63. The average molecular weight is 250 g/mol. The van der Waals surface area contributed by atoms with Crippen molar-refractivity contribution in [3.05, 3.63) is 66.6 Å². The zero-order chi connectivity index (χ0) is 13.1. The summed E-state index contributed by atoms with van der Waals surface area (Å²) in [6.45, 7) is 0.694. The molecular weight excluding hydrogens is 236 g/mol. The van der Waals surface area contributed by atoms with Gasteiger partial charge in [0, 0.05) is 18.0 Å². The van der Waals surface area contributed by atoms with Gasteiger partial charge in [0.05, 0.1) is 12.7 Å². The van der Waals surface area contributed by atoms with Crippen LogP contribution < -0.4 is 5.73 Å². The summed E-state index contributed by atoms with van der Waals surface area (Å²) >= 11 is 0. The highest BCUT2D eigenvalue weighted by Crippen LogP contribution is 2.18. The van der Waals surface area contributed by atoms with Crippen molar-refractivity contribution in [2.24, 2.45) is 0 Å². The lowest BCUT2D eigenvalue weighted by atomic mass is 10.1. The fourth-order valence-electron chi connectivity index (χ4n) is 2.01. The van der Waals surface area contributed by atoms with Crippen molar-refractivity contribution >= 4 is 5.82 Å². The molecule has 94 valence electrons. The number of nitrogens with zero attached hydrogens (tertiary/aromatic N) is 3. The molecule has 0 saturated heterocycles. The Kier molecular flexibility index (Phi) is 2.98. The second-order valence-corrected chi connectivity index (χ2v) is 4.38. The summed E-state index contributed by atoms with van der Waals surface area (Å²) in [5, 5.41) is 4.37. The van der Waals surface area contributed by atoms with Crippen LogP contribution in [0.3, 0.4) is 0 Å². The SMILES string of the molecule is Nc1cc(Cn2cc(-c3ccccc3)cn2)ccn1. The smallest absolute Gasteiger partial charge is 0.123 e. The topological polar surface area (TPSA) is 56.7 Å². The minimum absolute atomic E-state index is 0.535. The van der Waals surface area contributed by atoms with Gasteiger partial charge in [-0.25, -0.2) is 4.98 Å². The van der Waals surface area contributed by atoms with Crippen LogP contribution in [-0.2, 0) is 6.54 Å². The van der Waals surface area contributed by atoms with Gasteiger partial charge in [-0.3, -0.25) is 4.68 Å². The van der Waals surface area contributed by atoms with E-state index in [0.29, 0.717) is 12.4 Å². The summed E-state index contributed by atoms with van der Waals surface area (Å²) in [7, 11) is 0. The zero-order valence-corrected chi connectivity index (χ0v) is 10.4. The Hall–Kier alpha value is -2.62. The van der Waals surface area contributed by atoms with Crippen LogP contribution in [0.25, 0.3) is 11.1 Å². The maximum Gasteiger partial charge on any atom is 0.123 e. The fourth-order valence-corrected chi connectivity index (χ4v) is 2.01. The van der Waals surface area contributed by atoms with Crippen LogP contribution in [0.4, 0.5) is 5.82 Å². The van der Waals surface area contributed by atoms with E-state index in [1.165, 1.54) is 5.56 Å². The van der Waals surface area contributed by atoms with E-state index in [0.717, 1.165) is 11.1 Å². The highest BCUT2D eigenvalue weighted by Gasteiger charge is 2.02. The lowest BCUT2D eigenvalue weighted by Crippen LogP contribution is -2.01. The monoisotopic (exact) mass is 250 g/mol. The van der Waals surface area contributed by atoms with Crippen molar-refractivity contribution in [2.45, 2.75) is 6.54 Å². The van der Waals surface area contributed by atoms with Gasteiger partial charge in [-0.05, 0) is 23.3 Å². The number of nitrogen functional groups attached to an aromatic ring is 1. The van der Waals surface area contributed by atoms with E-state index >= 15 is 0 Å². The predicted molar refractivity (Wildman–Crippen MR) is 75.4 cm³/mol. The van der Waals surface area contributed by atoms with Gasteiger partial charge >= 0.3 is 0 Å². The first-order valence-corrected chi connectivity index (χ1v) is 6.09. The molecule has 2 heterocycles. The van der Waals surface area contributed by atoms with E-state index in [1.54, 1.807) is 6.20 Å². The van der Waals surface area contributed by atoms with E-state index in [4.69, 9.17) is 5.73 Å². The molecule has 0 atom stereocenters. The van der Waals surface area contributed by atoms with Gasteiger partial charge in [-0.1, -0.05) is 30.3 Å². The number of pyridine rings is 1. The van der Waals surface area contributed by atoms with E-state index in [2.05, 4.69) is 22.2 Å². The predicted octanol–water partition coefficient (Wildman–Crippen LogP) is 2.58. The number of benzene rings is 1. The van der Waals surface area contributed by atoms with Crippen molar-refractivity contribution < 1.29 is 0 Å². The van der Waals surface area contributed by atoms with E-state index in [9.17, 15) is 0 Å². The molecule has 4 heteroatoms. The van der Waals surface area contributed by atoms with Crippen molar-refractivity contribution in [1.82, 2.24) is 14.8 Å². The summed E-state index contributed by atoms with van der Waals surface area (Å²) in [6.07, 6.45) is 5.62. The van der Waals surface area contributed by atoms with Gasteiger partial charge < -0.3 is 5.73 Å². The molecule has 0 amide bonds. The number of hydrogen-bond acceptors (Lipinski definition) is 3. The molecule has 4 nitrogen and oxygen atoms in total. The first kappa shape index (κ1) is 11.5. The first-order chi connectivity index (χ1) is 9.31. The largest absolute Gasteiger partial charge is 0.384 e. The van der Waals surface area contributed by atoms with Crippen LogP contribution in [0.1, 0.15) is 5.56 Å². The van der Waals surface area contributed by atoms with Crippen LogP contribution in [0.2, 0.25) is 0 Å². The Labute approximate surface area is 111 Å². The lowest BCUT2D eigenvalue weighted by molar-refractivity contribution is 0.686. The molecule has 0 saturated carbocycles. The van der Waals surface area contributed by atoms with Crippen molar-refractivity contribution in [1.29, 1.82) is 0 Å². The Morgan fingerprint density at radius 2 is 1.89 bits per heavy atom. The quantitative estimate of drug-likeness (QED) is 0.777. The molecule has 0 unspecified atom stereocenters. The third-order valence-corrected chi connectivity index (χ3v) is 2.93. The molecule has 3 aromatic rings. The highest BCUT2D eigenvalue weighted by atomic mass is 15.3. The Bertz CT molecular complexity index is 673. The summed E-state index contributed by atoms with van der Waals surface area (Å²) in [5.74, 6) is 0.535. The van der Waals surface area contributed by atoms with Crippen LogP contribution in [-0.4, -0.2) is 14.8 Å². The second kappa shape index (κ2) is 4.94. The maximum absolute atomic E-state index is 5.67. The zero-order valence-electron chi connectivity index (χ0n) is 10.4. The summed E-state index contributed by atoms with van der Waals surface area (Å²) in [6, 6.07) is 14.0. The van der Waals surface area contributed by atoms with Crippen molar-refractivity contribution in [2.75, 3.05) is 5.73 Å². The number of nitrogens with two attached hydrogens (primary N) is 1. The number of anilines is 1. The van der Waals surface area contributed by atoms with E-state index in [-0.39, 0.29) is 0 Å². The Balaban J connectivity index is 1.82. The van der Waals surface area contributed by atoms with Gasteiger partial charge in [-0.15, -0.1) is 0 Å².